The molecule has 1 heterocycles. The second-order valence-corrected chi connectivity index (χ2v) is 5.19. The zero-order valence-corrected chi connectivity index (χ0v) is 8.95. The minimum absolute atomic E-state index is 0.263. The first-order valence-corrected chi connectivity index (χ1v) is 5.86. The third kappa shape index (κ3) is 2.97. The van der Waals surface area contributed by atoms with E-state index in [0.717, 1.165) is 6.26 Å². The maximum atomic E-state index is 11.1. The Morgan fingerprint density at radius 3 is 2.57 bits per heavy atom. The number of nitrogens with two attached hydrogens (primary N) is 1. The van der Waals surface area contributed by atoms with Crippen molar-refractivity contribution in [3.8, 4) is 0 Å². The molecule has 0 saturated carbocycles. The van der Waals surface area contributed by atoms with Gasteiger partial charge in [-0.3, -0.25) is 4.98 Å². The molecule has 6 heteroatoms. The summed E-state index contributed by atoms with van der Waals surface area (Å²) in [4.78, 5) is 4.00. The molecule has 1 aromatic rings. The van der Waals surface area contributed by atoms with Crippen LogP contribution in [0.4, 0.5) is 5.69 Å². The van der Waals surface area contributed by atoms with Crippen molar-refractivity contribution in [3.63, 3.8) is 0 Å². The number of rotatable bonds is 3. The van der Waals surface area contributed by atoms with E-state index in [-0.39, 0.29) is 6.54 Å². The third-order valence-corrected chi connectivity index (χ3v) is 3.06. The van der Waals surface area contributed by atoms with Crippen LogP contribution in [-0.2, 0) is 16.6 Å². The normalized spacial score (nSPS) is 11.9. The molecule has 2 N–H and O–H groups in total. The SMILES string of the molecule is CN(Cc1ccc(N)cn1)S(C)(=O)=O. The topological polar surface area (TPSA) is 76.3 Å². The molecule has 0 amide bonds. The number of aromatic nitrogens is 1. The van der Waals surface area contributed by atoms with Crippen LogP contribution in [-0.4, -0.2) is 31.0 Å². The van der Waals surface area contributed by atoms with Crippen LogP contribution >= 0.6 is 0 Å². The molecule has 5 nitrogen and oxygen atoms in total. The molecule has 0 bridgehead atoms. The van der Waals surface area contributed by atoms with Gasteiger partial charge < -0.3 is 5.73 Å². The van der Waals surface area contributed by atoms with Crippen LogP contribution in [0.25, 0.3) is 0 Å². The van der Waals surface area contributed by atoms with Gasteiger partial charge >= 0.3 is 0 Å². The first-order valence-electron chi connectivity index (χ1n) is 4.01. The highest BCUT2D eigenvalue weighted by atomic mass is 32.2. The van der Waals surface area contributed by atoms with Crippen molar-refractivity contribution in [1.82, 2.24) is 9.29 Å². The Labute approximate surface area is 83.6 Å². The first-order chi connectivity index (χ1) is 6.39. The van der Waals surface area contributed by atoms with Crippen molar-refractivity contribution < 1.29 is 8.42 Å². The number of nitrogen functional groups attached to an aromatic ring is 1. The van der Waals surface area contributed by atoms with Gasteiger partial charge in [-0.1, -0.05) is 0 Å². The molecule has 0 aromatic carbocycles. The zero-order chi connectivity index (χ0) is 10.8. The van der Waals surface area contributed by atoms with Crippen LogP contribution in [0.1, 0.15) is 5.69 Å². The number of anilines is 1. The molecule has 0 fully saturated rings. The molecule has 78 valence electrons. The fraction of sp³-hybridized carbons (Fsp3) is 0.375. The summed E-state index contributed by atoms with van der Waals surface area (Å²) in [5.41, 5.74) is 6.69. The summed E-state index contributed by atoms with van der Waals surface area (Å²) in [6, 6.07) is 3.40. The summed E-state index contributed by atoms with van der Waals surface area (Å²) in [6.45, 7) is 0.263. The molecule has 0 unspecified atom stereocenters. The summed E-state index contributed by atoms with van der Waals surface area (Å²) in [5, 5.41) is 0. The van der Waals surface area contributed by atoms with Gasteiger partial charge in [-0.15, -0.1) is 0 Å². The van der Waals surface area contributed by atoms with E-state index < -0.39 is 10.0 Å². The quantitative estimate of drug-likeness (QED) is 0.773. The fourth-order valence-electron chi connectivity index (χ4n) is 0.875. The molecule has 0 aliphatic carbocycles. The minimum atomic E-state index is -3.15. The van der Waals surface area contributed by atoms with E-state index in [1.807, 2.05) is 0 Å². The molecule has 1 rings (SSSR count). The Kier molecular flexibility index (Phi) is 3.07. The van der Waals surface area contributed by atoms with Crippen LogP contribution in [0.5, 0.6) is 0 Å². The Morgan fingerprint density at radius 2 is 2.14 bits per heavy atom. The molecule has 0 aliphatic heterocycles. The molecule has 1 aromatic heterocycles. The van der Waals surface area contributed by atoms with Crippen LogP contribution in [0.2, 0.25) is 0 Å². The van der Waals surface area contributed by atoms with Gasteiger partial charge in [0, 0.05) is 7.05 Å². The van der Waals surface area contributed by atoms with E-state index in [1.165, 1.54) is 17.5 Å². The number of hydrogen-bond acceptors (Lipinski definition) is 4. The maximum absolute atomic E-state index is 11.1. The Hall–Kier alpha value is -1.14. The predicted octanol–water partition coefficient (Wildman–Crippen LogP) is 0.0552. The van der Waals surface area contributed by atoms with Crippen molar-refractivity contribution in [2.45, 2.75) is 6.54 Å². The molecule has 14 heavy (non-hydrogen) atoms. The second-order valence-electron chi connectivity index (χ2n) is 3.10. The fourth-order valence-corrected chi connectivity index (χ4v) is 1.24. The van der Waals surface area contributed by atoms with Gasteiger partial charge in [0.1, 0.15) is 0 Å². The molecule has 0 atom stereocenters. The number of pyridine rings is 1. The van der Waals surface area contributed by atoms with Gasteiger partial charge in [0.15, 0.2) is 0 Å². The Morgan fingerprint density at radius 1 is 1.50 bits per heavy atom. The largest absolute Gasteiger partial charge is 0.397 e. The summed E-state index contributed by atoms with van der Waals surface area (Å²) in [5.74, 6) is 0. The lowest BCUT2D eigenvalue weighted by Gasteiger charge is -2.12. The van der Waals surface area contributed by atoms with Crippen molar-refractivity contribution in [2.24, 2.45) is 0 Å². The van der Waals surface area contributed by atoms with Crippen molar-refractivity contribution >= 4 is 15.7 Å². The van der Waals surface area contributed by atoms with E-state index >= 15 is 0 Å². The zero-order valence-electron chi connectivity index (χ0n) is 8.14. The van der Waals surface area contributed by atoms with E-state index in [1.54, 1.807) is 12.1 Å². The van der Waals surface area contributed by atoms with E-state index in [4.69, 9.17) is 5.73 Å². The lowest BCUT2D eigenvalue weighted by atomic mass is 10.3. The van der Waals surface area contributed by atoms with Crippen LogP contribution in [0.3, 0.4) is 0 Å². The van der Waals surface area contributed by atoms with Crippen LogP contribution in [0, 0.1) is 0 Å². The van der Waals surface area contributed by atoms with Gasteiger partial charge in [0.25, 0.3) is 0 Å². The van der Waals surface area contributed by atoms with Crippen LogP contribution in [0.15, 0.2) is 18.3 Å². The number of hydrogen-bond donors (Lipinski definition) is 1. The summed E-state index contributed by atoms with van der Waals surface area (Å²) in [6.07, 6.45) is 2.66. The molecule has 0 radical (unpaired) electrons. The highest BCUT2D eigenvalue weighted by molar-refractivity contribution is 7.88. The number of sulfonamides is 1. The van der Waals surface area contributed by atoms with Crippen LogP contribution < -0.4 is 5.73 Å². The lowest BCUT2D eigenvalue weighted by molar-refractivity contribution is 0.467. The van der Waals surface area contributed by atoms with Gasteiger partial charge in [-0.25, -0.2) is 8.42 Å². The Balaban J connectivity index is 2.75. The predicted molar refractivity (Wildman–Crippen MR) is 55.0 cm³/mol. The minimum Gasteiger partial charge on any atom is -0.397 e. The first kappa shape index (κ1) is 10.9. The van der Waals surface area contributed by atoms with Gasteiger partial charge in [0.2, 0.25) is 10.0 Å². The molecule has 0 spiro atoms. The van der Waals surface area contributed by atoms with E-state index in [0.29, 0.717) is 11.4 Å². The third-order valence-electron chi connectivity index (χ3n) is 1.80. The van der Waals surface area contributed by atoms with Gasteiger partial charge in [0.05, 0.1) is 30.4 Å². The standard InChI is InChI=1S/C8H13N3O2S/c1-11(14(2,12)13)6-8-4-3-7(9)5-10-8/h3-5H,6,9H2,1-2H3. The van der Waals surface area contributed by atoms with Gasteiger partial charge in [-0.05, 0) is 12.1 Å². The maximum Gasteiger partial charge on any atom is 0.211 e. The second kappa shape index (κ2) is 3.93. The molecular formula is C8H13N3O2S. The number of nitrogens with zero attached hydrogens (tertiary/aromatic N) is 2. The average Bonchev–Trinajstić information content (AvgIpc) is 2.07. The highest BCUT2D eigenvalue weighted by Crippen LogP contribution is 2.05. The van der Waals surface area contributed by atoms with Crippen molar-refractivity contribution in [3.05, 3.63) is 24.0 Å². The van der Waals surface area contributed by atoms with Crippen molar-refractivity contribution in [2.75, 3.05) is 19.0 Å². The lowest BCUT2D eigenvalue weighted by Crippen LogP contribution is -2.25. The Bertz CT molecular complexity index is 399. The summed E-state index contributed by atoms with van der Waals surface area (Å²) < 4.78 is 23.4. The van der Waals surface area contributed by atoms with E-state index in [2.05, 4.69) is 4.98 Å². The molecule has 0 saturated heterocycles. The monoisotopic (exact) mass is 215 g/mol. The summed E-state index contributed by atoms with van der Waals surface area (Å²) in [7, 11) is -1.64. The van der Waals surface area contributed by atoms with Gasteiger partial charge in [-0.2, -0.15) is 4.31 Å². The smallest absolute Gasteiger partial charge is 0.211 e. The molecule has 0 aliphatic rings. The highest BCUT2D eigenvalue weighted by Gasteiger charge is 2.11. The molecular weight excluding hydrogens is 202 g/mol. The average molecular weight is 215 g/mol. The van der Waals surface area contributed by atoms with E-state index in [9.17, 15) is 8.42 Å². The van der Waals surface area contributed by atoms with Crippen molar-refractivity contribution in [1.29, 1.82) is 0 Å². The summed E-state index contributed by atoms with van der Waals surface area (Å²) >= 11 is 0.